The Balaban J connectivity index is 2.11. The van der Waals surface area contributed by atoms with Crippen molar-refractivity contribution in [3.8, 4) is 22.8 Å². The van der Waals surface area contributed by atoms with Crippen molar-refractivity contribution in [3.63, 3.8) is 0 Å². The molecule has 138 valence electrons. The normalized spacial score (nSPS) is 17.2. The van der Waals surface area contributed by atoms with Gasteiger partial charge in [0.1, 0.15) is 17.8 Å². The van der Waals surface area contributed by atoms with Crippen molar-refractivity contribution in [2.24, 2.45) is 0 Å². The molecule has 1 aromatic carbocycles. The van der Waals surface area contributed by atoms with E-state index in [1.807, 2.05) is 12.1 Å². The van der Waals surface area contributed by atoms with Crippen LogP contribution in [0.4, 0.5) is 0 Å². The molecule has 4 heteroatoms. The molecule has 1 atom stereocenters. The molecular weight excluding hydrogens is 324 g/mol. The number of aromatic nitrogens is 2. The fraction of sp³-hybridized carbons (Fsp3) is 0.455. The Hall–Kier alpha value is -2.36. The second-order valence-corrected chi connectivity index (χ2v) is 7.26. The SMILES string of the molecule is CCCCCc1cc(O)c(C2C=C(C)CCC2)c(O)c1-c1ccncn1. The van der Waals surface area contributed by atoms with Crippen LogP contribution in [-0.4, -0.2) is 20.2 Å². The van der Waals surface area contributed by atoms with E-state index in [1.54, 1.807) is 6.20 Å². The van der Waals surface area contributed by atoms with E-state index in [4.69, 9.17) is 0 Å². The maximum absolute atomic E-state index is 11.1. The molecule has 0 aliphatic heterocycles. The number of unbranched alkanes of at least 4 members (excludes halogenated alkanes) is 2. The lowest BCUT2D eigenvalue weighted by Crippen LogP contribution is -2.05. The first-order valence-electron chi connectivity index (χ1n) is 9.63. The molecule has 0 spiro atoms. The number of hydrogen-bond acceptors (Lipinski definition) is 4. The summed E-state index contributed by atoms with van der Waals surface area (Å²) in [5, 5.41) is 21.9. The van der Waals surface area contributed by atoms with Gasteiger partial charge in [-0.2, -0.15) is 0 Å². The molecule has 1 aliphatic carbocycles. The van der Waals surface area contributed by atoms with Crippen LogP contribution in [0.5, 0.6) is 11.5 Å². The molecule has 0 fully saturated rings. The summed E-state index contributed by atoms with van der Waals surface area (Å²) >= 11 is 0. The van der Waals surface area contributed by atoms with Crippen molar-refractivity contribution in [1.29, 1.82) is 0 Å². The fourth-order valence-corrected chi connectivity index (χ4v) is 3.91. The maximum Gasteiger partial charge on any atom is 0.132 e. The van der Waals surface area contributed by atoms with Crippen molar-refractivity contribution >= 4 is 0 Å². The zero-order valence-corrected chi connectivity index (χ0v) is 15.7. The van der Waals surface area contributed by atoms with Crippen molar-refractivity contribution in [3.05, 3.63) is 47.4 Å². The van der Waals surface area contributed by atoms with E-state index >= 15 is 0 Å². The van der Waals surface area contributed by atoms with Crippen LogP contribution in [0.25, 0.3) is 11.3 Å². The Bertz CT molecular complexity index is 784. The van der Waals surface area contributed by atoms with Crippen LogP contribution in [-0.2, 0) is 6.42 Å². The third-order valence-electron chi connectivity index (χ3n) is 5.23. The highest BCUT2D eigenvalue weighted by atomic mass is 16.3. The summed E-state index contributed by atoms with van der Waals surface area (Å²) in [6.07, 6.45) is 12.6. The van der Waals surface area contributed by atoms with Crippen molar-refractivity contribution in [2.45, 2.75) is 64.7 Å². The molecule has 4 nitrogen and oxygen atoms in total. The van der Waals surface area contributed by atoms with Crippen LogP contribution in [0.15, 0.2) is 36.3 Å². The highest BCUT2D eigenvalue weighted by molar-refractivity contribution is 5.75. The van der Waals surface area contributed by atoms with Gasteiger partial charge in [-0.1, -0.05) is 31.4 Å². The molecule has 2 N–H and O–H groups in total. The number of aromatic hydroxyl groups is 2. The zero-order valence-electron chi connectivity index (χ0n) is 15.7. The average Bonchev–Trinajstić information content (AvgIpc) is 2.62. The van der Waals surface area contributed by atoms with E-state index in [9.17, 15) is 10.2 Å². The average molecular weight is 352 g/mol. The van der Waals surface area contributed by atoms with Gasteiger partial charge in [0.25, 0.3) is 0 Å². The first kappa shape index (κ1) is 18.4. The summed E-state index contributed by atoms with van der Waals surface area (Å²) in [7, 11) is 0. The van der Waals surface area contributed by atoms with Gasteiger partial charge in [0.05, 0.1) is 5.69 Å². The molecule has 1 heterocycles. The highest BCUT2D eigenvalue weighted by Gasteiger charge is 2.25. The van der Waals surface area contributed by atoms with Crippen LogP contribution < -0.4 is 0 Å². The summed E-state index contributed by atoms with van der Waals surface area (Å²) in [5.74, 6) is 0.419. The summed E-state index contributed by atoms with van der Waals surface area (Å²) in [6, 6.07) is 3.65. The molecule has 0 radical (unpaired) electrons. The summed E-state index contributed by atoms with van der Waals surface area (Å²) in [5.41, 5.74) is 4.36. The number of phenolic OH excluding ortho intramolecular Hbond substituents is 2. The molecule has 0 bridgehead atoms. The second kappa shape index (κ2) is 8.35. The number of aryl methyl sites for hydroxylation is 1. The van der Waals surface area contributed by atoms with E-state index in [2.05, 4.69) is 29.9 Å². The van der Waals surface area contributed by atoms with Crippen LogP contribution >= 0.6 is 0 Å². The summed E-state index contributed by atoms with van der Waals surface area (Å²) < 4.78 is 0. The molecule has 1 aromatic heterocycles. The van der Waals surface area contributed by atoms with Gasteiger partial charge in [-0.3, -0.25) is 0 Å². The van der Waals surface area contributed by atoms with Gasteiger partial charge in [0.15, 0.2) is 0 Å². The van der Waals surface area contributed by atoms with Crippen LogP contribution in [0.3, 0.4) is 0 Å². The lowest BCUT2D eigenvalue weighted by Gasteiger charge is -2.24. The van der Waals surface area contributed by atoms with Crippen LogP contribution in [0.2, 0.25) is 0 Å². The Kier molecular flexibility index (Phi) is 5.92. The van der Waals surface area contributed by atoms with E-state index in [0.717, 1.165) is 56.1 Å². The summed E-state index contributed by atoms with van der Waals surface area (Å²) in [6.45, 7) is 4.28. The molecular formula is C22H28N2O2. The number of phenols is 2. The van der Waals surface area contributed by atoms with Crippen LogP contribution in [0, 0.1) is 0 Å². The highest BCUT2D eigenvalue weighted by Crippen LogP contribution is 2.46. The van der Waals surface area contributed by atoms with Crippen LogP contribution in [0.1, 0.15) is 69.4 Å². The molecule has 26 heavy (non-hydrogen) atoms. The second-order valence-electron chi connectivity index (χ2n) is 7.26. The first-order chi connectivity index (χ1) is 12.6. The molecule has 1 aliphatic rings. The minimum absolute atomic E-state index is 0.0500. The Morgan fingerprint density at radius 1 is 1.23 bits per heavy atom. The molecule has 1 unspecified atom stereocenters. The third-order valence-corrected chi connectivity index (χ3v) is 5.23. The predicted octanol–water partition coefficient (Wildman–Crippen LogP) is 5.50. The minimum Gasteiger partial charge on any atom is -0.507 e. The molecule has 0 amide bonds. The van der Waals surface area contributed by atoms with E-state index < -0.39 is 0 Å². The standard InChI is InChI=1S/C22H28N2O2/c1-3-4-5-8-17-13-19(25)21(16-9-6-7-15(2)12-16)22(26)20(17)18-10-11-23-14-24-18/h10-14,16,25-26H,3-9H2,1-2H3. The number of nitrogens with zero attached hydrogens (tertiary/aromatic N) is 2. The van der Waals surface area contributed by atoms with Gasteiger partial charge >= 0.3 is 0 Å². The third kappa shape index (κ3) is 3.90. The van der Waals surface area contributed by atoms with Gasteiger partial charge in [-0.15, -0.1) is 0 Å². The quantitative estimate of drug-likeness (QED) is 0.532. The number of rotatable bonds is 6. The number of hydrogen-bond donors (Lipinski definition) is 2. The van der Waals surface area contributed by atoms with Crippen molar-refractivity contribution in [1.82, 2.24) is 9.97 Å². The zero-order chi connectivity index (χ0) is 18.5. The number of allylic oxidation sites excluding steroid dienone is 2. The lowest BCUT2D eigenvalue weighted by atomic mass is 9.82. The van der Waals surface area contributed by atoms with Gasteiger partial charge in [0.2, 0.25) is 0 Å². The van der Waals surface area contributed by atoms with E-state index in [-0.39, 0.29) is 17.4 Å². The topological polar surface area (TPSA) is 66.2 Å². The number of benzene rings is 1. The van der Waals surface area contributed by atoms with Gasteiger partial charge < -0.3 is 10.2 Å². The molecule has 3 rings (SSSR count). The monoisotopic (exact) mass is 352 g/mol. The smallest absolute Gasteiger partial charge is 0.132 e. The summed E-state index contributed by atoms with van der Waals surface area (Å²) in [4.78, 5) is 8.36. The largest absolute Gasteiger partial charge is 0.507 e. The fourth-order valence-electron chi connectivity index (χ4n) is 3.91. The van der Waals surface area contributed by atoms with Crippen molar-refractivity contribution < 1.29 is 10.2 Å². The Labute approximate surface area is 155 Å². The Morgan fingerprint density at radius 2 is 2.08 bits per heavy atom. The van der Waals surface area contributed by atoms with E-state index in [0.29, 0.717) is 11.3 Å². The molecule has 0 saturated heterocycles. The van der Waals surface area contributed by atoms with E-state index in [1.165, 1.54) is 11.9 Å². The van der Waals surface area contributed by atoms with Gasteiger partial charge in [-0.05, 0) is 56.7 Å². The van der Waals surface area contributed by atoms with Crippen molar-refractivity contribution in [2.75, 3.05) is 0 Å². The molecule has 0 saturated carbocycles. The first-order valence-corrected chi connectivity index (χ1v) is 9.63. The van der Waals surface area contributed by atoms with Gasteiger partial charge in [-0.25, -0.2) is 9.97 Å². The minimum atomic E-state index is 0.0500. The molecule has 2 aromatic rings. The maximum atomic E-state index is 11.1. The Morgan fingerprint density at radius 3 is 2.77 bits per heavy atom. The lowest BCUT2D eigenvalue weighted by molar-refractivity contribution is 0.428. The van der Waals surface area contributed by atoms with Gasteiger partial charge in [0, 0.05) is 23.2 Å². The predicted molar refractivity (Wildman–Crippen MR) is 104 cm³/mol.